The molecule has 1 saturated heterocycles. The van der Waals surface area contributed by atoms with Crippen LogP contribution in [0.15, 0.2) is 28.7 Å². The van der Waals surface area contributed by atoms with E-state index in [1.54, 1.807) is 0 Å². The van der Waals surface area contributed by atoms with Crippen molar-refractivity contribution < 1.29 is 5.11 Å². The first-order chi connectivity index (χ1) is 9.56. The number of aliphatic hydroxyl groups excluding tert-OH is 1. The van der Waals surface area contributed by atoms with Gasteiger partial charge in [0.05, 0.1) is 6.10 Å². The Morgan fingerprint density at radius 3 is 2.35 bits per heavy atom. The summed E-state index contributed by atoms with van der Waals surface area (Å²) in [5.41, 5.74) is 1.02. The molecule has 0 amide bonds. The van der Waals surface area contributed by atoms with E-state index in [-0.39, 0.29) is 6.10 Å². The summed E-state index contributed by atoms with van der Waals surface area (Å²) in [6.45, 7) is 8.04. The molecule has 1 aliphatic heterocycles. The van der Waals surface area contributed by atoms with Gasteiger partial charge in [-0.1, -0.05) is 41.9 Å². The number of halogens is 1. The minimum atomic E-state index is -0.342. The molecule has 1 fully saturated rings. The van der Waals surface area contributed by atoms with Gasteiger partial charge < -0.3 is 10.0 Å². The lowest BCUT2D eigenvalue weighted by Gasteiger charge is -2.34. The van der Waals surface area contributed by atoms with Crippen LogP contribution in [0.2, 0.25) is 0 Å². The predicted molar refractivity (Wildman–Crippen MR) is 87.7 cm³/mol. The third-order valence-electron chi connectivity index (χ3n) is 4.55. The van der Waals surface area contributed by atoms with Crippen LogP contribution in [0, 0.1) is 11.8 Å². The molecule has 0 aliphatic carbocycles. The summed E-state index contributed by atoms with van der Waals surface area (Å²) < 4.78 is 1.06. The molecule has 0 saturated carbocycles. The molecule has 1 N–H and O–H groups in total. The zero-order valence-electron chi connectivity index (χ0n) is 12.6. The SMILES string of the molecule is CC(C)C1CCN(CCC(O)c2ccc(Br)cc2)CC1. The summed E-state index contributed by atoms with van der Waals surface area (Å²) in [5.74, 6) is 1.70. The number of benzene rings is 1. The molecule has 2 rings (SSSR count). The van der Waals surface area contributed by atoms with Gasteiger partial charge in [-0.3, -0.25) is 0 Å². The molecule has 2 nitrogen and oxygen atoms in total. The van der Waals surface area contributed by atoms with Crippen LogP contribution >= 0.6 is 15.9 Å². The fourth-order valence-corrected chi connectivity index (χ4v) is 3.26. The van der Waals surface area contributed by atoms with Crippen LogP contribution in [0.4, 0.5) is 0 Å². The predicted octanol–water partition coefficient (Wildman–Crippen LogP) is 4.24. The Labute approximate surface area is 131 Å². The highest BCUT2D eigenvalue weighted by Crippen LogP contribution is 2.25. The van der Waals surface area contributed by atoms with Crippen molar-refractivity contribution in [3.63, 3.8) is 0 Å². The molecule has 0 radical (unpaired) electrons. The first kappa shape index (κ1) is 16.0. The second-order valence-electron chi connectivity index (χ2n) is 6.28. The lowest BCUT2D eigenvalue weighted by Crippen LogP contribution is -2.36. The molecular formula is C17H26BrNO. The van der Waals surface area contributed by atoms with E-state index in [1.807, 2.05) is 24.3 Å². The normalized spacial score (nSPS) is 19.4. The number of hydrogen-bond acceptors (Lipinski definition) is 2. The number of rotatable bonds is 5. The van der Waals surface area contributed by atoms with Crippen LogP contribution < -0.4 is 0 Å². The highest BCUT2D eigenvalue weighted by atomic mass is 79.9. The summed E-state index contributed by atoms with van der Waals surface area (Å²) in [7, 11) is 0. The van der Waals surface area contributed by atoms with Crippen LogP contribution in [-0.2, 0) is 0 Å². The van der Waals surface area contributed by atoms with E-state index in [0.717, 1.165) is 34.8 Å². The van der Waals surface area contributed by atoms with E-state index >= 15 is 0 Å². The van der Waals surface area contributed by atoms with Crippen LogP contribution in [-0.4, -0.2) is 29.6 Å². The van der Waals surface area contributed by atoms with Gasteiger partial charge in [0.1, 0.15) is 0 Å². The maximum atomic E-state index is 10.2. The maximum absolute atomic E-state index is 10.2. The van der Waals surface area contributed by atoms with Gasteiger partial charge in [0, 0.05) is 11.0 Å². The lowest BCUT2D eigenvalue weighted by molar-refractivity contribution is 0.114. The van der Waals surface area contributed by atoms with Crippen molar-refractivity contribution >= 4 is 15.9 Å². The number of likely N-dealkylation sites (tertiary alicyclic amines) is 1. The Hall–Kier alpha value is -0.380. The average Bonchev–Trinajstić information content (AvgIpc) is 2.46. The van der Waals surface area contributed by atoms with Gasteiger partial charge in [-0.2, -0.15) is 0 Å². The van der Waals surface area contributed by atoms with Gasteiger partial charge in [-0.25, -0.2) is 0 Å². The molecule has 20 heavy (non-hydrogen) atoms. The van der Waals surface area contributed by atoms with E-state index in [0.29, 0.717) is 0 Å². The number of aliphatic hydroxyl groups is 1. The maximum Gasteiger partial charge on any atom is 0.0802 e. The smallest absolute Gasteiger partial charge is 0.0802 e. The van der Waals surface area contributed by atoms with Crippen molar-refractivity contribution in [3.05, 3.63) is 34.3 Å². The van der Waals surface area contributed by atoms with E-state index < -0.39 is 0 Å². The highest BCUT2D eigenvalue weighted by Gasteiger charge is 2.21. The summed E-state index contributed by atoms with van der Waals surface area (Å²) in [6, 6.07) is 7.98. The largest absolute Gasteiger partial charge is 0.388 e. The minimum Gasteiger partial charge on any atom is -0.388 e. The molecule has 1 aliphatic rings. The zero-order chi connectivity index (χ0) is 14.5. The first-order valence-corrected chi connectivity index (χ1v) is 8.51. The second-order valence-corrected chi connectivity index (χ2v) is 7.19. The Morgan fingerprint density at radius 2 is 1.80 bits per heavy atom. The molecule has 1 aromatic carbocycles. The quantitative estimate of drug-likeness (QED) is 0.867. The van der Waals surface area contributed by atoms with Crippen molar-refractivity contribution in [3.8, 4) is 0 Å². The molecule has 1 aromatic rings. The molecule has 1 heterocycles. The van der Waals surface area contributed by atoms with E-state index in [4.69, 9.17) is 0 Å². The van der Waals surface area contributed by atoms with Crippen LogP contribution in [0.25, 0.3) is 0 Å². The van der Waals surface area contributed by atoms with Crippen molar-refractivity contribution in [1.82, 2.24) is 4.90 Å². The Bertz CT molecular complexity index is 396. The van der Waals surface area contributed by atoms with Gasteiger partial charge in [0.25, 0.3) is 0 Å². The minimum absolute atomic E-state index is 0.342. The third-order valence-corrected chi connectivity index (χ3v) is 5.08. The molecule has 0 bridgehead atoms. The van der Waals surface area contributed by atoms with E-state index in [1.165, 1.54) is 25.9 Å². The molecule has 112 valence electrons. The molecule has 0 spiro atoms. The van der Waals surface area contributed by atoms with Gasteiger partial charge in [0.15, 0.2) is 0 Å². The van der Waals surface area contributed by atoms with Crippen LogP contribution in [0.1, 0.15) is 44.8 Å². The van der Waals surface area contributed by atoms with Crippen LogP contribution in [0.3, 0.4) is 0 Å². The fourth-order valence-electron chi connectivity index (χ4n) is 3.00. The summed E-state index contributed by atoms with van der Waals surface area (Å²) in [4.78, 5) is 2.50. The van der Waals surface area contributed by atoms with Crippen molar-refractivity contribution in [2.75, 3.05) is 19.6 Å². The Balaban J connectivity index is 1.74. The van der Waals surface area contributed by atoms with Gasteiger partial charge >= 0.3 is 0 Å². The standard InChI is InChI=1S/C17H26BrNO/c1-13(2)14-7-10-19(11-8-14)12-9-17(20)15-3-5-16(18)6-4-15/h3-6,13-14,17,20H,7-12H2,1-2H3. The zero-order valence-corrected chi connectivity index (χ0v) is 14.1. The van der Waals surface area contributed by atoms with Gasteiger partial charge in [0.2, 0.25) is 0 Å². The first-order valence-electron chi connectivity index (χ1n) is 7.72. The summed E-state index contributed by atoms with van der Waals surface area (Å²) in [5, 5.41) is 10.2. The number of hydrogen-bond donors (Lipinski definition) is 1. The Morgan fingerprint density at radius 1 is 1.20 bits per heavy atom. The third kappa shape index (κ3) is 4.57. The molecule has 1 atom stereocenters. The topological polar surface area (TPSA) is 23.5 Å². The number of piperidine rings is 1. The molecule has 0 aromatic heterocycles. The average molecular weight is 340 g/mol. The van der Waals surface area contributed by atoms with Crippen molar-refractivity contribution in [1.29, 1.82) is 0 Å². The highest BCUT2D eigenvalue weighted by molar-refractivity contribution is 9.10. The lowest BCUT2D eigenvalue weighted by atomic mass is 9.86. The summed E-state index contributed by atoms with van der Waals surface area (Å²) >= 11 is 3.42. The molecule has 1 unspecified atom stereocenters. The second kappa shape index (κ2) is 7.58. The number of nitrogens with zero attached hydrogens (tertiary/aromatic N) is 1. The van der Waals surface area contributed by atoms with Gasteiger partial charge in [-0.15, -0.1) is 0 Å². The Kier molecular flexibility index (Phi) is 6.06. The van der Waals surface area contributed by atoms with Crippen LogP contribution in [0.5, 0.6) is 0 Å². The molecular weight excluding hydrogens is 314 g/mol. The van der Waals surface area contributed by atoms with E-state index in [2.05, 4.69) is 34.7 Å². The fraction of sp³-hybridized carbons (Fsp3) is 0.647. The van der Waals surface area contributed by atoms with E-state index in [9.17, 15) is 5.11 Å². The van der Waals surface area contributed by atoms with Crippen molar-refractivity contribution in [2.24, 2.45) is 11.8 Å². The van der Waals surface area contributed by atoms with Gasteiger partial charge in [-0.05, 0) is 61.9 Å². The monoisotopic (exact) mass is 339 g/mol. The van der Waals surface area contributed by atoms with Crippen molar-refractivity contribution in [2.45, 2.75) is 39.2 Å². The molecule has 3 heteroatoms. The summed E-state index contributed by atoms with van der Waals surface area (Å²) in [6.07, 6.45) is 3.11.